The van der Waals surface area contributed by atoms with Crippen LogP contribution in [0.15, 0.2) is 0 Å². The smallest absolute Gasteiger partial charge is 0.0746 e. The van der Waals surface area contributed by atoms with Gasteiger partial charge in [0, 0.05) is 25.5 Å². The molecule has 1 aromatic rings. The van der Waals surface area contributed by atoms with Crippen LogP contribution in [-0.4, -0.2) is 41.7 Å². The van der Waals surface area contributed by atoms with Gasteiger partial charge in [-0.1, -0.05) is 0 Å². The van der Waals surface area contributed by atoms with Crippen LogP contribution in [0.1, 0.15) is 48.7 Å². The average molecular weight is 293 g/mol. The van der Waals surface area contributed by atoms with E-state index in [9.17, 15) is 0 Å². The summed E-state index contributed by atoms with van der Waals surface area (Å²) in [4.78, 5) is 0. The van der Waals surface area contributed by atoms with Crippen LogP contribution < -0.4 is 5.73 Å². The number of nitrogens with zero attached hydrogens (tertiary/aromatic N) is 2. The minimum Gasteiger partial charge on any atom is -0.381 e. The topological polar surface area (TPSA) is 62.3 Å². The molecule has 2 N–H and O–H groups in total. The molecule has 0 amide bonds. The van der Waals surface area contributed by atoms with Crippen molar-refractivity contribution in [3.63, 3.8) is 0 Å². The Kier molecular flexibility index (Phi) is 4.33. The first-order valence-corrected chi connectivity index (χ1v) is 8.11. The second-order valence-electron chi connectivity index (χ2n) is 6.42. The number of aryl methyl sites for hydroxylation is 1. The Morgan fingerprint density at radius 3 is 2.76 bits per heavy atom. The first kappa shape index (κ1) is 15.0. The predicted octanol–water partition coefficient (Wildman–Crippen LogP) is 1.90. The summed E-state index contributed by atoms with van der Waals surface area (Å²) in [7, 11) is 0. The lowest BCUT2D eigenvalue weighted by Crippen LogP contribution is -2.45. The molecule has 0 bridgehead atoms. The van der Waals surface area contributed by atoms with Crippen LogP contribution in [0.3, 0.4) is 0 Å². The van der Waals surface area contributed by atoms with Gasteiger partial charge in [0.25, 0.3) is 0 Å². The first-order chi connectivity index (χ1) is 10.2. The third-order valence-corrected chi connectivity index (χ3v) is 5.09. The van der Waals surface area contributed by atoms with Gasteiger partial charge in [0.05, 0.1) is 17.3 Å². The number of rotatable bonds is 3. The predicted molar refractivity (Wildman–Crippen MR) is 81.5 cm³/mol. The highest BCUT2D eigenvalue weighted by Gasteiger charge is 2.40. The van der Waals surface area contributed by atoms with E-state index >= 15 is 0 Å². The number of ether oxygens (including phenoxy) is 2. The SMILES string of the molecule is Cc1nn(C2CCOC3(CCOCC3)C2)c(C)c1CCN. The van der Waals surface area contributed by atoms with E-state index in [1.165, 1.54) is 11.3 Å². The summed E-state index contributed by atoms with van der Waals surface area (Å²) >= 11 is 0. The van der Waals surface area contributed by atoms with Crippen LogP contribution >= 0.6 is 0 Å². The van der Waals surface area contributed by atoms with Gasteiger partial charge < -0.3 is 15.2 Å². The van der Waals surface area contributed by atoms with Crippen molar-refractivity contribution in [2.24, 2.45) is 5.73 Å². The maximum Gasteiger partial charge on any atom is 0.0746 e. The van der Waals surface area contributed by atoms with Crippen molar-refractivity contribution in [3.05, 3.63) is 17.0 Å². The van der Waals surface area contributed by atoms with Crippen molar-refractivity contribution in [3.8, 4) is 0 Å². The zero-order valence-electron chi connectivity index (χ0n) is 13.2. The molecule has 3 rings (SSSR count). The molecular weight excluding hydrogens is 266 g/mol. The second kappa shape index (κ2) is 6.07. The molecule has 0 aliphatic carbocycles. The Labute approximate surface area is 126 Å². The zero-order chi connectivity index (χ0) is 14.9. The van der Waals surface area contributed by atoms with Crippen LogP contribution in [-0.2, 0) is 15.9 Å². The van der Waals surface area contributed by atoms with Crippen molar-refractivity contribution in [1.82, 2.24) is 9.78 Å². The Hall–Kier alpha value is -0.910. The molecule has 5 heteroatoms. The molecule has 1 spiro atoms. The van der Waals surface area contributed by atoms with Crippen LogP contribution in [0.4, 0.5) is 0 Å². The summed E-state index contributed by atoms with van der Waals surface area (Å²) < 4.78 is 13.9. The molecule has 2 saturated heterocycles. The molecule has 2 fully saturated rings. The summed E-state index contributed by atoms with van der Waals surface area (Å²) in [6, 6.07) is 0.446. The van der Waals surface area contributed by atoms with E-state index in [4.69, 9.17) is 20.3 Å². The third-order valence-electron chi connectivity index (χ3n) is 5.09. The van der Waals surface area contributed by atoms with Gasteiger partial charge in [0.1, 0.15) is 0 Å². The molecule has 2 aliphatic rings. The summed E-state index contributed by atoms with van der Waals surface area (Å²) in [6.07, 6.45) is 5.05. The summed E-state index contributed by atoms with van der Waals surface area (Å²) in [5.74, 6) is 0. The average Bonchev–Trinajstić information content (AvgIpc) is 2.77. The first-order valence-electron chi connectivity index (χ1n) is 8.11. The van der Waals surface area contributed by atoms with Gasteiger partial charge >= 0.3 is 0 Å². The molecule has 0 aromatic carbocycles. The minimum absolute atomic E-state index is 0.0154. The quantitative estimate of drug-likeness (QED) is 0.924. The van der Waals surface area contributed by atoms with Crippen LogP contribution in [0.2, 0.25) is 0 Å². The van der Waals surface area contributed by atoms with Crippen molar-refractivity contribution in [1.29, 1.82) is 0 Å². The van der Waals surface area contributed by atoms with Crippen LogP contribution in [0.5, 0.6) is 0 Å². The summed E-state index contributed by atoms with van der Waals surface area (Å²) in [5.41, 5.74) is 9.48. The third kappa shape index (κ3) is 2.87. The van der Waals surface area contributed by atoms with Crippen LogP contribution in [0.25, 0.3) is 0 Å². The number of nitrogens with two attached hydrogens (primary N) is 1. The van der Waals surface area contributed by atoms with E-state index in [0.29, 0.717) is 12.6 Å². The van der Waals surface area contributed by atoms with Gasteiger partial charge in [-0.05, 0) is 58.1 Å². The van der Waals surface area contributed by atoms with E-state index in [2.05, 4.69) is 18.5 Å². The summed E-state index contributed by atoms with van der Waals surface area (Å²) in [5, 5.41) is 4.80. The number of aromatic nitrogens is 2. The van der Waals surface area contributed by atoms with Crippen molar-refractivity contribution < 1.29 is 9.47 Å². The molecule has 21 heavy (non-hydrogen) atoms. The molecule has 118 valence electrons. The van der Waals surface area contributed by atoms with E-state index in [1.807, 2.05) is 0 Å². The maximum absolute atomic E-state index is 6.14. The Morgan fingerprint density at radius 1 is 1.29 bits per heavy atom. The minimum atomic E-state index is 0.0154. The van der Waals surface area contributed by atoms with Gasteiger partial charge in [-0.3, -0.25) is 4.68 Å². The zero-order valence-corrected chi connectivity index (χ0v) is 13.2. The Bertz CT molecular complexity index is 486. The standard InChI is InChI=1S/C16H27N3O2/c1-12-15(3-7-17)13(2)19(18-12)14-4-8-21-16(11-14)5-9-20-10-6-16/h14H,3-11,17H2,1-2H3. The lowest BCUT2D eigenvalue weighted by atomic mass is 9.84. The van der Waals surface area contributed by atoms with Gasteiger partial charge in [-0.25, -0.2) is 0 Å². The van der Waals surface area contributed by atoms with Gasteiger partial charge in [-0.15, -0.1) is 0 Å². The number of hydrogen-bond donors (Lipinski definition) is 1. The second-order valence-corrected chi connectivity index (χ2v) is 6.42. The molecular formula is C16H27N3O2. The molecule has 5 nitrogen and oxygen atoms in total. The lowest BCUT2D eigenvalue weighted by Gasteiger charge is -2.43. The Morgan fingerprint density at radius 2 is 2.05 bits per heavy atom. The largest absolute Gasteiger partial charge is 0.381 e. The fourth-order valence-corrected chi connectivity index (χ4v) is 3.86. The molecule has 0 saturated carbocycles. The van der Waals surface area contributed by atoms with Gasteiger partial charge in [-0.2, -0.15) is 5.10 Å². The fourth-order valence-electron chi connectivity index (χ4n) is 3.86. The van der Waals surface area contributed by atoms with Gasteiger partial charge in [0.2, 0.25) is 0 Å². The highest BCUT2D eigenvalue weighted by Crippen LogP contribution is 2.39. The Balaban J connectivity index is 1.81. The van der Waals surface area contributed by atoms with E-state index in [0.717, 1.165) is 57.6 Å². The normalized spacial score (nSPS) is 25.4. The van der Waals surface area contributed by atoms with Gasteiger partial charge in [0.15, 0.2) is 0 Å². The van der Waals surface area contributed by atoms with Crippen molar-refractivity contribution in [2.75, 3.05) is 26.4 Å². The maximum atomic E-state index is 6.14. The van der Waals surface area contributed by atoms with E-state index < -0.39 is 0 Å². The molecule has 0 radical (unpaired) electrons. The van der Waals surface area contributed by atoms with Crippen molar-refractivity contribution in [2.45, 2.75) is 57.6 Å². The molecule has 1 aromatic heterocycles. The fraction of sp³-hybridized carbons (Fsp3) is 0.812. The summed E-state index contributed by atoms with van der Waals surface area (Å²) in [6.45, 7) is 7.43. The lowest BCUT2D eigenvalue weighted by molar-refractivity contribution is -0.145. The molecule has 1 unspecified atom stereocenters. The van der Waals surface area contributed by atoms with Crippen LogP contribution in [0, 0.1) is 13.8 Å². The highest BCUT2D eigenvalue weighted by atomic mass is 16.5. The van der Waals surface area contributed by atoms with Crippen molar-refractivity contribution >= 4 is 0 Å². The molecule has 2 aliphatic heterocycles. The number of hydrogen-bond acceptors (Lipinski definition) is 4. The van der Waals surface area contributed by atoms with E-state index in [-0.39, 0.29) is 5.60 Å². The van der Waals surface area contributed by atoms with E-state index in [1.54, 1.807) is 0 Å². The highest BCUT2D eigenvalue weighted by molar-refractivity contribution is 5.25. The molecule has 1 atom stereocenters. The monoisotopic (exact) mass is 293 g/mol. The molecule has 3 heterocycles.